The van der Waals surface area contributed by atoms with Gasteiger partial charge in [-0.3, -0.25) is 10.1 Å². The average Bonchev–Trinajstić information content (AvgIpc) is 2.86. The Labute approximate surface area is 105 Å². The zero-order valence-electron chi connectivity index (χ0n) is 10.2. The summed E-state index contributed by atoms with van der Waals surface area (Å²) in [6.45, 7) is 4.31. The molecule has 0 bridgehead atoms. The number of rotatable bonds is 2. The number of hydrogen-bond acceptors (Lipinski definition) is 5. The van der Waals surface area contributed by atoms with E-state index in [1.807, 2.05) is 13.1 Å². The van der Waals surface area contributed by atoms with Gasteiger partial charge in [-0.05, 0) is 12.5 Å². The van der Waals surface area contributed by atoms with Crippen LogP contribution in [-0.2, 0) is 4.74 Å². The van der Waals surface area contributed by atoms with Crippen LogP contribution in [0, 0.1) is 6.92 Å². The van der Waals surface area contributed by atoms with Crippen molar-refractivity contribution in [2.75, 3.05) is 24.6 Å². The van der Waals surface area contributed by atoms with E-state index in [9.17, 15) is 0 Å². The van der Waals surface area contributed by atoms with Gasteiger partial charge in [0.25, 0.3) is 0 Å². The molecule has 6 heteroatoms. The SMILES string of the molecule is Cc1cn[nH]c1[C@H]1CN(c2cnccn2)CCO1. The molecule has 1 aliphatic heterocycles. The first-order chi connectivity index (χ1) is 8.84. The number of hydrogen-bond donors (Lipinski definition) is 1. The largest absolute Gasteiger partial charge is 0.368 e. The molecule has 94 valence electrons. The highest BCUT2D eigenvalue weighted by molar-refractivity contribution is 5.36. The van der Waals surface area contributed by atoms with Gasteiger partial charge in [-0.25, -0.2) is 4.98 Å². The molecule has 0 aliphatic carbocycles. The lowest BCUT2D eigenvalue weighted by Crippen LogP contribution is -2.39. The molecule has 3 heterocycles. The maximum absolute atomic E-state index is 5.79. The van der Waals surface area contributed by atoms with E-state index in [4.69, 9.17) is 4.74 Å². The van der Waals surface area contributed by atoms with Crippen LogP contribution in [-0.4, -0.2) is 39.9 Å². The normalized spacial score (nSPS) is 20.1. The van der Waals surface area contributed by atoms with Crippen LogP contribution in [0.2, 0.25) is 0 Å². The van der Waals surface area contributed by atoms with Crippen LogP contribution in [0.3, 0.4) is 0 Å². The van der Waals surface area contributed by atoms with Gasteiger partial charge in [0, 0.05) is 18.9 Å². The molecule has 1 N–H and O–H groups in total. The van der Waals surface area contributed by atoms with E-state index >= 15 is 0 Å². The first-order valence-corrected chi connectivity index (χ1v) is 5.97. The molecule has 1 saturated heterocycles. The monoisotopic (exact) mass is 245 g/mol. The van der Waals surface area contributed by atoms with Gasteiger partial charge >= 0.3 is 0 Å². The second kappa shape index (κ2) is 4.73. The van der Waals surface area contributed by atoms with Crippen LogP contribution in [0.15, 0.2) is 24.8 Å². The lowest BCUT2D eigenvalue weighted by molar-refractivity contribution is 0.0363. The summed E-state index contributed by atoms with van der Waals surface area (Å²) >= 11 is 0. The molecule has 0 amide bonds. The van der Waals surface area contributed by atoms with Gasteiger partial charge in [-0.15, -0.1) is 0 Å². The first kappa shape index (κ1) is 11.2. The Morgan fingerprint density at radius 2 is 2.33 bits per heavy atom. The highest BCUT2D eigenvalue weighted by Gasteiger charge is 2.25. The molecular formula is C12H15N5O. The number of nitrogens with zero attached hydrogens (tertiary/aromatic N) is 4. The molecule has 6 nitrogen and oxygen atoms in total. The van der Waals surface area contributed by atoms with Crippen molar-refractivity contribution in [3.63, 3.8) is 0 Å². The smallest absolute Gasteiger partial charge is 0.147 e. The minimum atomic E-state index is 0.0169. The molecule has 1 atom stereocenters. The van der Waals surface area contributed by atoms with Gasteiger partial charge in [0.2, 0.25) is 0 Å². The summed E-state index contributed by atoms with van der Waals surface area (Å²) in [5, 5.41) is 7.05. The van der Waals surface area contributed by atoms with Crippen LogP contribution < -0.4 is 4.90 Å². The van der Waals surface area contributed by atoms with Crippen molar-refractivity contribution in [1.82, 2.24) is 20.2 Å². The average molecular weight is 245 g/mol. The van der Waals surface area contributed by atoms with Gasteiger partial charge in [0.05, 0.1) is 31.2 Å². The Morgan fingerprint density at radius 1 is 1.39 bits per heavy atom. The molecule has 1 aliphatic rings. The van der Waals surface area contributed by atoms with Crippen molar-refractivity contribution in [3.05, 3.63) is 36.0 Å². The number of nitrogens with one attached hydrogen (secondary N) is 1. The molecular weight excluding hydrogens is 230 g/mol. The maximum atomic E-state index is 5.79. The van der Waals surface area contributed by atoms with Gasteiger partial charge in [-0.2, -0.15) is 5.10 Å². The highest BCUT2D eigenvalue weighted by Crippen LogP contribution is 2.24. The number of H-pyrrole nitrogens is 1. The Morgan fingerprint density at radius 3 is 3.06 bits per heavy atom. The summed E-state index contributed by atoms with van der Waals surface area (Å²) in [5.74, 6) is 0.892. The van der Waals surface area contributed by atoms with E-state index in [1.165, 1.54) is 0 Å². The molecule has 2 aromatic heterocycles. The van der Waals surface area contributed by atoms with Crippen LogP contribution >= 0.6 is 0 Å². The molecule has 0 radical (unpaired) electrons. The van der Waals surface area contributed by atoms with Crippen LogP contribution in [0.1, 0.15) is 17.4 Å². The first-order valence-electron chi connectivity index (χ1n) is 5.97. The van der Waals surface area contributed by atoms with Crippen LogP contribution in [0.4, 0.5) is 5.82 Å². The minimum Gasteiger partial charge on any atom is -0.368 e. The molecule has 1 fully saturated rings. The zero-order chi connectivity index (χ0) is 12.4. The topological polar surface area (TPSA) is 66.9 Å². The van der Waals surface area contributed by atoms with E-state index in [-0.39, 0.29) is 6.10 Å². The van der Waals surface area contributed by atoms with Gasteiger partial charge in [0.1, 0.15) is 11.9 Å². The number of anilines is 1. The van der Waals surface area contributed by atoms with E-state index in [0.29, 0.717) is 6.61 Å². The summed E-state index contributed by atoms with van der Waals surface area (Å²) in [5.41, 5.74) is 2.17. The van der Waals surface area contributed by atoms with Crippen molar-refractivity contribution in [2.24, 2.45) is 0 Å². The van der Waals surface area contributed by atoms with Crippen LogP contribution in [0.5, 0.6) is 0 Å². The Kier molecular flexibility index (Phi) is 2.93. The zero-order valence-corrected chi connectivity index (χ0v) is 10.2. The van der Waals surface area contributed by atoms with Crippen molar-refractivity contribution in [3.8, 4) is 0 Å². The quantitative estimate of drug-likeness (QED) is 0.857. The number of aromatic nitrogens is 4. The van der Waals surface area contributed by atoms with E-state index < -0.39 is 0 Å². The lowest BCUT2D eigenvalue weighted by atomic mass is 10.1. The molecule has 0 spiro atoms. The predicted molar refractivity (Wildman–Crippen MR) is 66.3 cm³/mol. The predicted octanol–water partition coefficient (Wildman–Crippen LogP) is 1.09. The third kappa shape index (κ3) is 2.06. The summed E-state index contributed by atoms with van der Waals surface area (Å²) in [7, 11) is 0. The van der Waals surface area contributed by atoms with E-state index in [1.54, 1.807) is 18.6 Å². The molecule has 0 aromatic carbocycles. The molecule has 18 heavy (non-hydrogen) atoms. The number of aromatic amines is 1. The highest BCUT2D eigenvalue weighted by atomic mass is 16.5. The van der Waals surface area contributed by atoms with Crippen molar-refractivity contribution >= 4 is 5.82 Å². The van der Waals surface area contributed by atoms with Crippen molar-refractivity contribution in [2.45, 2.75) is 13.0 Å². The fourth-order valence-electron chi connectivity index (χ4n) is 2.17. The van der Waals surface area contributed by atoms with Crippen LogP contribution in [0.25, 0.3) is 0 Å². The fourth-order valence-corrected chi connectivity index (χ4v) is 2.17. The molecule has 2 aromatic rings. The minimum absolute atomic E-state index is 0.0169. The Balaban J connectivity index is 1.79. The molecule has 0 saturated carbocycles. The summed E-state index contributed by atoms with van der Waals surface area (Å²) in [4.78, 5) is 10.6. The van der Waals surface area contributed by atoms with Gasteiger partial charge in [-0.1, -0.05) is 0 Å². The lowest BCUT2D eigenvalue weighted by Gasteiger charge is -2.33. The van der Waals surface area contributed by atoms with Gasteiger partial charge < -0.3 is 9.64 Å². The Bertz CT molecular complexity index is 512. The maximum Gasteiger partial charge on any atom is 0.147 e. The third-order valence-electron chi connectivity index (χ3n) is 3.13. The summed E-state index contributed by atoms with van der Waals surface area (Å²) in [6.07, 6.45) is 7.01. The summed E-state index contributed by atoms with van der Waals surface area (Å²) in [6, 6.07) is 0. The van der Waals surface area contributed by atoms with Gasteiger partial charge in [0.15, 0.2) is 0 Å². The van der Waals surface area contributed by atoms with Crippen molar-refractivity contribution in [1.29, 1.82) is 0 Å². The van der Waals surface area contributed by atoms with Crippen molar-refractivity contribution < 1.29 is 4.74 Å². The molecule has 0 unspecified atom stereocenters. The number of morpholine rings is 1. The standard InChI is InChI=1S/C12H15N5O/c1-9-6-15-16-12(9)10-8-17(4-5-18-10)11-7-13-2-3-14-11/h2-3,6-7,10H,4-5,8H2,1H3,(H,15,16)/t10-/m1/s1. The fraction of sp³-hybridized carbons (Fsp3) is 0.417. The Hall–Kier alpha value is -1.95. The van der Waals surface area contributed by atoms with E-state index in [2.05, 4.69) is 25.1 Å². The molecule has 3 rings (SSSR count). The second-order valence-electron chi connectivity index (χ2n) is 4.34. The second-order valence-corrected chi connectivity index (χ2v) is 4.34. The number of ether oxygens (including phenoxy) is 1. The number of aryl methyl sites for hydroxylation is 1. The van der Waals surface area contributed by atoms with E-state index in [0.717, 1.165) is 30.2 Å². The summed E-state index contributed by atoms with van der Waals surface area (Å²) < 4.78 is 5.79. The third-order valence-corrected chi connectivity index (χ3v) is 3.13.